The third-order valence-corrected chi connectivity index (χ3v) is 3.95. The maximum Gasteiger partial charge on any atom is 0.409 e. The minimum atomic E-state index is -2.10. The largest absolute Gasteiger partial charge is 0.497 e. The number of nitrogens with two attached hydrogens (primary N) is 1. The van der Waals surface area contributed by atoms with Crippen LogP contribution in [-0.4, -0.2) is 48.3 Å². The average molecular weight is 396 g/mol. The zero-order valence-corrected chi connectivity index (χ0v) is 17.3. The van der Waals surface area contributed by atoms with Crippen LogP contribution in [0.5, 0.6) is 5.75 Å². The van der Waals surface area contributed by atoms with Crippen LogP contribution in [-0.2, 0) is 20.7 Å². The fourth-order valence-corrected chi connectivity index (χ4v) is 2.51. The molecule has 8 heteroatoms. The zero-order chi connectivity index (χ0) is 21.4. The van der Waals surface area contributed by atoms with Gasteiger partial charge in [0.05, 0.1) is 13.7 Å². The lowest BCUT2D eigenvalue weighted by Crippen LogP contribution is -2.69. The minimum Gasteiger partial charge on any atom is -0.497 e. The zero-order valence-electron chi connectivity index (χ0n) is 17.3. The van der Waals surface area contributed by atoms with Gasteiger partial charge < -0.3 is 19.3 Å². The highest BCUT2D eigenvalue weighted by atomic mass is 16.6. The first kappa shape index (κ1) is 23.7. The first-order valence-electron chi connectivity index (χ1n) is 9.30. The Hall–Kier alpha value is -2.32. The van der Waals surface area contributed by atoms with Crippen LogP contribution in [0.1, 0.15) is 46.1 Å². The lowest BCUT2D eigenvalue weighted by Gasteiger charge is -2.33. The Balaban J connectivity index is 2.76. The molecule has 0 bridgehead atoms. The first-order chi connectivity index (χ1) is 13.0. The number of hydrogen-bond acceptors (Lipinski definition) is 7. The third-order valence-electron chi connectivity index (χ3n) is 3.95. The van der Waals surface area contributed by atoms with Gasteiger partial charge in [0.2, 0.25) is 5.66 Å². The number of esters is 1. The number of carbonyl (C=O) groups is 2. The summed E-state index contributed by atoms with van der Waals surface area (Å²) in [6.07, 6.45) is -0.875. The van der Waals surface area contributed by atoms with Gasteiger partial charge in [-0.05, 0) is 64.7 Å². The van der Waals surface area contributed by atoms with Crippen molar-refractivity contribution in [2.24, 2.45) is 5.73 Å². The topological polar surface area (TPSA) is 120 Å². The number of alkyl carbamates (subject to hydrolysis) is 1. The van der Waals surface area contributed by atoms with Crippen molar-refractivity contribution in [3.63, 3.8) is 0 Å². The summed E-state index contributed by atoms with van der Waals surface area (Å²) >= 11 is 0. The monoisotopic (exact) mass is 396 g/mol. The van der Waals surface area contributed by atoms with E-state index in [9.17, 15) is 14.7 Å². The quantitative estimate of drug-likeness (QED) is 0.432. The number of amides is 1. The van der Waals surface area contributed by atoms with Gasteiger partial charge in [0.15, 0.2) is 0 Å². The molecule has 28 heavy (non-hydrogen) atoms. The number of carbonyl (C=O) groups excluding carboxylic acids is 2. The fourth-order valence-electron chi connectivity index (χ4n) is 2.51. The van der Waals surface area contributed by atoms with Gasteiger partial charge in [-0.3, -0.25) is 11.1 Å². The summed E-state index contributed by atoms with van der Waals surface area (Å²) in [5.41, 5.74) is 4.23. The summed E-state index contributed by atoms with van der Waals surface area (Å²) < 4.78 is 15.2. The molecular weight excluding hydrogens is 364 g/mol. The Morgan fingerprint density at radius 2 is 1.82 bits per heavy atom. The van der Waals surface area contributed by atoms with Gasteiger partial charge in [0.25, 0.3) is 0 Å². The second-order valence-electron chi connectivity index (χ2n) is 7.47. The maximum atomic E-state index is 12.3. The van der Waals surface area contributed by atoms with Gasteiger partial charge in [-0.25, -0.2) is 9.59 Å². The molecule has 0 heterocycles. The predicted molar refractivity (Wildman–Crippen MR) is 105 cm³/mol. The van der Waals surface area contributed by atoms with Crippen molar-refractivity contribution in [1.82, 2.24) is 5.32 Å². The molecule has 2 unspecified atom stereocenters. The Kier molecular flexibility index (Phi) is 8.71. The molecule has 158 valence electrons. The molecule has 0 aliphatic heterocycles. The number of aliphatic hydroxyl groups is 1. The van der Waals surface area contributed by atoms with Gasteiger partial charge >= 0.3 is 12.1 Å². The van der Waals surface area contributed by atoms with E-state index in [0.717, 1.165) is 11.3 Å². The van der Waals surface area contributed by atoms with Crippen LogP contribution in [0.3, 0.4) is 0 Å². The number of nitrogens with one attached hydrogen (secondary N) is 1. The smallest absolute Gasteiger partial charge is 0.409 e. The van der Waals surface area contributed by atoms with Crippen molar-refractivity contribution >= 4 is 12.1 Å². The number of rotatable bonds is 9. The molecule has 1 aromatic rings. The van der Waals surface area contributed by atoms with E-state index >= 15 is 0 Å². The second kappa shape index (κ2) is 10.3. The van der Waals surface area contributed by atoms with Crippen molar-refractivity contribution < 1.29 is 28.9 Å². The van der Waals surface area contributed by atoms with E-state index in [4.69, 9.17) is 19.9 Å². The van der Waals surface area contributed by atoms with Crippen LogP contribution in [0.4, 0.5) is 4.79 Å². The van der Waals surface area contributed by atoms with E-state index in [1.54, 1.807) is 34.8 Å². The van der Waals surface area contributed by atoms with Gasteiger partial charge in [-0.2, -0.15) is 0 Å². The van der Waals surface area contributed by atoms with Gasteiger partial charge in [0.1, 0.15) is 17.5 Å². The Labute approximate surface area is 166 Å². The molecule has 0 radical (unpaired) electrons. The molecule has 0 saturated carbocycles. The summed E-state index contributed by atoms with van der Waals surface area (Å²) in [7, 11) is 1.60. The van der Waals surface area contributed by atoms with Crippen molar-refractivity contribution in [3.05, 3.63) is 29.8 Å². The van der Waals surface area contributed by atoms with Gasteiger partial charge in [-0.1, -0.05) is 12.1 Å². The fraction of sp³-hybridized carbons (Fsp3) is 0.600. The number of aryl methyl sites for hydroxylation is 1. The number of ether oxygens (including phenoxy) is 3. The van der Waals surface area contributed by atoms with E-state index in [1.165, 1.54) is 0 Å². The third kappa shape index (κ3) is 7.36. The van der Waals surface area contributed by atoms with E-state index in [2.05, 4.69) is 5.32 Å². The van der Waals surface area contributed by atoms with Crippen LogP contribution in [0.2, 0.25) is 0 Å². The van der Waals surface area contributed by atoms with E-state index in [0.29, 0.717) is 12.8 Å². The molecule has 8 nitrogen and oxygen atoms in total. The molecule has 1 amide bonds. The van der Waals surface area contributed by atoms with Crippen LogP contribution in [0, 0.1) is 0 Å². The van der Waals surface area contributed by atoms with Crippen molar-refractivity contribution in [3.8, 4) is 5.75 Å². The minimum absolute atomic E-state index is 0.0619. The van der Waals surface area contributed by atoms with Crippen molar-refractivity contribution in [1.29, 1.82) is 0 Å². The summed E-state index contributed by atoms with van der Waals surface area (Å²) in [6.45, 7) is 6.72. The molecule has 0 fully saturated rings. The number of aliphatic hydroxyl groups excluding tert-OH is 1. The molecule has 0 aliphatic carbocycles. The highest BCUT2D eigenvalue weighted by Gasteiger charge is 2.45. The Morgan fingerprint density at radius 1 is 1.21 bits per heavy atom. The molecule has 4 N–H and O–H groups in total. The normalized spacial score (nSPS) is 14.5. The molecule has 0 aromatic heterocycles. The Morgan fingerprint density at radius 3 is 2.32 bits per heavy atom. The van der Waals surface area contributed by atoms with Crippen molar-refractivity contribution in [2.75, 3.05) is 13.7 Å². The van der Waals surface area contributed by atoms with Crippen LogP contribution in [0.15, 0.2) is 24.3 Å². The van der Waals surface area contributed by atoms with Gasteiger partial charge in [0, 0.05) is 0 Å². The molecule has 2 atom stereocenters. The summed E-state index contributed by atoms with van der Waals surface area (Å²) in [5, 5.41) is 12.8. The van der Waals surface area contributed by atoms with E-state index in [1.807, 2.05) is 24.3 Å². The molecular formula is C20H32N2O6. The summed E-state index contributed by atoms with van der Waals surface area (Å²) in [6, 6.07) is 7.54. The SMILES string of the molecule is CCOC(=O)C(N)(NC(=O)OC(C)(C)C)C(O)CCCc1ccc(OC)cc1. The van der Waals surface area contributed by atoms with E-state index in [-0.39, 0.29) is 13.0 Å². The number of methoxy groups -OCH3 is 1. The molecule has 1 rings (SSSR count). The maximum absolute atomic E-state index is 12.3. The van der Waals surface area contributed by atoms with Crippen LogP contribution < -0.4 is 15.8 Å². The highest BCUT2D eigenvalue weighted by molar-refractivity contribution is 5.85. The first-order valence-corrected chi connectivity index (χ1v) is 9.30. The highest BCUT2D eigenvalue weighted by Crippen LogP contribution is 2.18. The number of benzene rings is 1. The van der Waals surface area contributed by atoms with Crippen LogP contribution in [0.25, 0.3) is 0 Å². The number of hydrogen-bond donors (Lipinski definition) is 3. The van der Waals surface area contributed by atoms with Gasteiger partial charge in [-0.15, -0.1) is 0 Å². The van der Waals surface area contributed by atoms with Crippen LogP contribution >= 0.6 is 0 Å². The molecule has 0 spiro atoms. The summed E-state index contributed by atoms with van der Waals surface area (Å²) in [4.78, 5) is 24.4. The Bertz CT molecular complexity index is 641. The van der Waals surface area contributed by atoms with Crippen molar-refractivity contribution in [2.45, 2.75) is 64.3 Å². The lowest BCUT2D eigenvalue weighted by molar-refractivity contribution is -0.156. The lowest BCUT2D eigenvalue weighted by atomic mass is 9.97. The standard InChI is InChI=1S/C20H32N2O6/c1-6-27-17(24)20(21,22-18(25)28-19(2,3)4)16(23)9-7-8-14-10-12-15(26-5)13-11-14/h10-13,16,23H,6-9,21H2,1-5H3,(H,22,25). The molecule has 0 aliphatic rings. The summed E-state index contributed by atoms with van der Waals surface area (Å²) in [5.74, 6) is -0.161. The molecule has 1 aromatic carbocycles. The molecule has 0 saturated heterocycles. The second-order valence-corrected chi connectivity index (χ2v) is 7.47. The average Bonchev–Trinajstić information content (AvgIpc) is 2.60. The van der Waals surface area contributed by atoms with E-state index < -0.39 is 29.4 Å². The predicted octanol–water partition coefficient (Wildman–Crippen LogP) is 2.12.